The van der Waals surface area contributed by atoms with Gasteiger partial charge in [0.15, 0.2) is 5.82 Å². The molecular weight excluding hydrogens is 232 g/mol. The zero-order valence-electron chi connectivity index (χ0n) is 8.92. The predicted octanol–water partition coefficient (Wildman–Crippen LogP) is 2.78. The van der Waals surface area contributed by atoms with Crippen molar-refractivity contribution in [1.29, 1.82) is 0 Å². The molecule has 0 spiro atoms. The van der Waals surface area contributed by atoms with Gasteiger partial charge in [-0.05, 0) is 28.0 Å². The third kappa shape index (κ3) is 1.81. The molecule has 0 amide bonds. The molecule has 4 nitrogen and oxygen atoms in total. The van der Waals surface area contributed by atoms with Crippen LogP contribution in [0, 0.1) is 0 Å². The minimum absolute atomic E-state index is 0.424. The Morgan fingerprint density at radius 2 is 1.71 bits per heavy atom. The van der Waals surface area contributed by atoms with Gasteiger partial charge in [0.05, 0.1) is 0 Å². The maximum atomic E-state index is 5.70. The minimum Gasteiger partial charge on any atom is -0.380 e. The lowest BCUT2D eigenvalue weighted by atomic mass is 10.1. The normalized spacial score (nSPS) is 10.6. The second-order valence-electron chi connectivity index (χ2n) is 3.65. The SMILES string of the molecule is Nc1n[nH]nc1-c1ccc(-c2ccsc2)cc1. The fraction of sp³-hybridized carbons (Fsp3) is 0. The Balaban J connectivity index is 1.99. The van der Waals surface area contributed by atoms with Gasteiger partial charge in [-0.3, -0.25) is 0 Å². The van der Waals surface area contributed by atoms with Crippen LogP contribution < -0.4 is 5.73 Å². The van der Waals surface area contributed by atoms with Gasteiger partial charge < -0.3 is 5.73 Å². The average Bonchev–Trinajstić information content (AvgIpc) is 3.00. The van der Waals surface area contributed by atoms with Gasteiger partial charge in [0.2, 0.25) is 0 Å². The fourth-order valence-corrected chi connectivity index (χ4v) is 2.37. The van der Waals surface area contributed by atoms with Crippen molar-refractivity contribution in [3.63, 3.8) is 0 Å². The highest BCUT2D eigenvalue weighted by Crippen LogP contribution is 2.26. The van der Waals surface area contributed by atoms with E-state index in [1.165, 1.54) is 11.1 Å². The van der Waals surface area contributed by atoms with Crippen molar-refractivity contribution in [2.24, 2.45) is 0 Å². The fourth-order valence-electron chi connectivity index (χ4n) is 1.70. The summed E-state index contributed by atoms with van der Waals surface area (Å²) in [5, 5.41) is 14.5. The van der Waals surface area contributed by atoms with Crippen molar-refractivity contribution in [2.75, 3.05) is 5.73 Å². The zero-order valence-corrected chi connectivity index (χ0v) is 9.74. The molecule has 0 atom stereocenters. The molecular formula is C12H10N4S. The molecule has 0 saturated heterocycles. The van der Waals surface area contributed by atoms with Gasteiger partial charge in [-0.15, -0.1) is 5.10 Å². The van der Waals surface area contributed by atoms with E-state index in [1.807, 2.05) is 12.1 Å². The Labute approximate surface area is 102 Å². The van der Waals surface area contributed by atoms with Crippen LogP contribution in [0.5, 0.6) is 0 Å². The first-order chi connectivity index (χ1) is 8.34. The monoisotopic (exact) mass is 242 g/mol. The molecule has 0 unspecified atom stereocenters. The van der Waals surface area contributed by atoms with Crippen LogP contribution in [0.4, 0.5) is 5.82 Å². The van der Waals surface area contributed by atoms with E-state index < -0.39 is 0 Å². The first-order valence-corrected chi connectivity index (χ1v) is 6.08. The summed E-state index contributed by atoms with van der Waals surface area (Å²) in [7, 11) is 0. The van der Waals surface area contributed by atoms with Crippen LogP contribution in [0.3, 0.4) is 0 Å². The molecule has 3 rings (SSSR count). The summed E-state index contributed by atoms with van der Waals surface area (Å²) in [6.07, 6.45) is 0. The highest BCUT2D eigenvalue weighted by atomic mass is 32.1. The second-order valence-corrected chi connectivity index (χ2v) is 4.43. The standard InChI is InChI=1S/C12H10N4S/c13-12-11(14-16-15-12)9-3-1-8(2-4-9)10-5-6-17-7-10/h1-7H,(H3,13,14,15,16). The van der Waals surface area contributed by atoms with Gasteiger partial charge in [0, 0.05) is 5.56 Å². The van der Waals surface area contributed by atoms with Crippen LogP contribution in [0.25, 0.3) is 22.4 Å². The Hall–Kier alpha value is -2.14. The van der Waals surface area contributed by atoms with Gasteiger partial charge in [-0.25, -0.2) is 0 Å². The molecule has 0 saturated carbocycles. The van der Waals surface area contributed by atoms with E-state index in [1.54, 1.807) is 11.3 Å². The lowest BCUT2D eigenvalue weighted by molar-refractivity contribution is 0.945. The molecule has 0 bridgehead atoms. The summed E-state index contributed by atoms with van der Waals surface area (Å²) < 4.78 is 0. The van der Waals surface area contributed by atoms with Crippen molar-refractivity contribution in [3.8, 4) is 22.4 Å². The number of rotatable bonds is 2. The molecule has 84 valence electrons. The Morgan fingerprint density at radius 1 is 0.941 bits per heavy atom. The van der Waals surface area contributed by atoms with Gasteiger partial charge in [-0.1, -0.05) is 24.3 Å². The highest BCUT2D eigenvalue weighted by Gasteiger charge is 2.07. The maximum absolute atomic E-state index is 5.70. The molecule has 17 heavy (non-hydrogen) atoms. The lowest BCUT2D eigenvalue weighted by Gasteiger charge is -2.00. The molecule has 0 fully saturated rings. The molecule has 1 aromatic carbocycles. The van der Waals surface area contributed by atoms with Gasteiger partial charge in [0.1, 0.15) is 5.69 Å². The summed E-state index contributed by atoms with van der Waals surface area (Å²) in [5.74, 6) is 0.424. The number of nitrogens with zero attached hydrogens (tertiary/aromatic N) is 2. The molecule has 0 aliphatic carbocycles. The van der Waals surface area contributed by atoms with E-state index >= 15 is 0 Å². The number of nitrogen functional groups attached to an aromatic ring is 1. The topological polar surface area (TPSA) is 67.6 Å². The van der Waals surface area contributed by atoms with Crippen LogP contribution in [-0.2, 0) is 0 Å². The highest BCUT2D eigenvalue weighted by molar-refractivity contribution is 7.08. The van der Waals surface area contributed by atoms with Gasteiger partial charge >= 0.3 is 0 Å². The summed E-state index contributed by atoms with van der Waals surface area (Å²) in [6, 6.07) is 10.2. The number of H-pyrrole nitrogens is 1. The van der Waals surface area contributed by atoms with Crippen molar-refractivity contribution in [3.05, 3.63) is 41.1 Å². The van der Waals surface area contributed by atoms with Gasteiger partial charge in [-0.2, -0.15) is 21.6 Å². The third-order valence-electron chi connectivity index (χ3n) is 2.59. The number of anilines is 1. The van der Waals surface area contributed by atoms with Gasteiger partial charge in [0.25, 0.3) is 0 Å². The van der Waals surface area contributed by atoms with Crippen LogP contribution in [-0.4, -0.2) is 15.4 Å². The first-order valence-electron chi connectivity index (χ1n) is 5.14. The van der Waals surface area contributed by atoms with Crippen molar-refractivity contribution in [1.82, 2.24) is 15.4 Å². The Kier molecular flexibility index (Phi) is 2.38. The molecule has 5 heteroatoms. The number of hydrogen-bond acceptors (Lipinski definition) is 4. The van der Waals surface area contributed by atoms with Crippen molar-refractivity contribution in [2.45, 2.75) is 0 Å². The molecule has 0 aliphatic heterocycles. The van der Waals surface area contributed by atoms with Crippen LogP contribution in [0.1, 0.15) is 0 Å². The molecule has 0 radical (unpaired) electrons. The zero-order chi connectivity index (χ0) is 11.7. The summed E-state index contributed by atoms with van der Waals surface area (Å²) in [5.41, 5.74) is 9.79. The summed E-state index contributed by atoms with van der Waals surface area (Å²) >= 11 is 1.69. The molecule has 2 heterocycles. The molecule has 3 aromatic rings. The predicted molar refractivity (Wildman–Crippen MR) is 69.5 cm³/mol. The number of hydrogen-bond donors (Lipinski definition) is 2. The molecule has 3 N–H and O–H groups in total. The molecule has 2 aromatic heterocycles. The number of nitrogens with one attached hydrogen (secondary N) is 1. The van der Waals surface area contributed by atoms with E-state index in [0.717, 1.165) is 5.56 Å². The van der Waals surface area contributed by atoms with E-state index in [9.17, 15) is 0 Å². The number of benzene rings is 1. The molecule has 0 aliphatic rings. The second kappa shape index (κ2) is 4.03. The number of thiophene rings is 1. The maximum Gasteiger partial charge on any atom is 0.173 e. The first kappa shape index (κ1) is 10.0. The smallest absolute Gasteiger partial charge is 0.173 e. The summed E-state index contributed by atoms with van der Waals surface area (Å²) in [6.45, 7) is 0. The summed E-state index contributed by atoms with van der Waals surface area (Å²) in [4.78, 5) is 0. The van der Waals surface area contributed by atoms with Crippen LogP contribution in [0.15, 0.2) is 41.1 Å². The van der Waals surface area contributed by atoms with E-state index in [0.29, 0.717) is 11.5 Å². The minimum atomic E-state index is 0.424. The lowest BCUT2D eigenvalue weighted by Crippen LogP contribution is -1.88. The number of aromatic nitrogens is 3. The van der Waals surface area contributed by atoms with Crippen molar-refractivity contribution >= 4 is 17.2 Å². The Morgan fingerprint density at radius 3 is 2.29 bits per heavy atom. The Bertz CT molecular complexity index is 610. The third-order valence-corrected chi connectivity index (χ3v) is 3.27. The number of nitrogens with two attached hydrogens (primary N) is 1. The largest absolute Gasteiger partial charge is 0.380 e. The van der Waals surface area contributed by atoms with E-state index in [2.05, 4.69) is 44.4 Å². The van der Waals surface area contributed by atoms with E-state index in [-0.39, 0.29) is 0 Å². The van der Waals surface area contributed by atoms with E-state index in [4.69, 9.17) is 5.73 Å². The average molecular weight is 242 g/mol. The number of aromatic amines is 1. The van der Waals surface area contributed by atoms with Crippen LogP contribution in [0.2, 0.25) is 0 Å². The quantitative estimate of drug-likeness (QED) is 0.726. The van der Waals surface area contributed by atoms with Crippen molar-refractivity contribution < 1.29 is 0 Å². The van der Waals surface area contributed by atoms with Crippen LogP contribution >= 0.6 is 11.3 Å².